The third kappa shape index (κ3) is 4.73. The molecule has 0 aliphatic rings. The van der Waals surface area contributed by atoms with Crippen LogP contribution < -0.4 is 16.2 Å². The van der Waals surface area contributed by atoms with E-state index in [1.165, 1.54) is 36.4 Å². The second kappa shape index (κ2) is 8.78. The number of nitro benzene ring substituents is 1. The third-order valence-corrected chi connectivity index (χ3v) is 4.17. The quantitative estimate of drug-likeness (QED) is 0.150. The summed E-state index contributed by atoms with van der Waals surface area (Å²) in [6.45, 7) is 1.79. The Balaban J connectivity index is 1.59. The number of amidine groups is 1. The Morgan fingerprint density at radius 3 is 2.60 bits per heavy atom. The van der Waals surface area contributed by atoms with Crippen molar-refractivity contribution in [2.75, 3.05) is 5.73 Å². The number of nitrogens with zero attached hydrogens (tertiary/aromatic N) is 2. The van der Waals surface area contributed by atoms with E-state index >= 15 is 0 Å². The van der Waals surface area contributed by atoms with E-state index in [0.717, 1.165) is 5.56 Å². The van der Waals surface area contributed by atoms with Crippen molar-refractivity contribution in [2.24, 2.45) is 10.9 Å². The topological polar surface area (TPSA) is 156 Å². The van der Waals surface area contributed by atoms with Gasteiger partial charge in [0.05, 0.1) is 4.92 Å². The van der Waals surface area contributed by atoms with Crippen LogP contribution in [-0.2, 0) is 11.4 Å². The van der Waals surface area contributed by atoms with Crippen LogP contribution in [0.25, 0.3) is 0 Å². The lowest BCUT2D eigenvalue weighted by Gasteiger charge is -2.06. The van der Waals surface area contributed by atoms with Gasteiger partial charge in [0.2, 0.25) is 5.76 Å². The number of nitrogen functional groups attached to an aromatic ring is 1. The van der Waals surface area contributed by atoms with Crippen molar-refractivity contribution in [3.63, 3.8) is 0 Å². The van der Waals surface area contributed by atoms with E-state index in [1.54, 1.807) is 25.1 Å². The van der Waals surface area contributed by atoms with E-state index in [2.05, 4.69) is 5.16 Å². The fourth-order valence-electron chi connectivity index (χ4n) is 2.50. The first-order valence-corrected chi connectivity index (χ1v) is 8.71. The lowest BCUT2D eigenvalue weighted by atomic mass is 10.1. The Morgan fingerprint density at radius 1 is 1.17 bits per heavy atom. The molecule has 0 spiro atoms. The van der Waals surface area contributed by atoms with Crippen molar-refractivity contribution < 1.29 is 23.7 Å². The van der Waals surface area contributed by atoms with Crippen LogP contribution in [-0.4, -0.2) is 16.7 Å². The summed E-state index contributed by atoms with van der Waals surface area (Å²) in [5.41, 5.74) is 13.5. The maximum atomic E-state index is 12.1. The molecule has 0 saturated heterocycles. The molecule has 4 N–H and O–H groups in total. The van der Waals surface area contributed by atoms with Crippen LogP contribution in [0, 0.1) is 17.0 Å². The number of non-ortho nitro benzene ring substituents is 1. The van der Waals surface area contributed by atoms with Crippen LogP contribution in [0.2, 0.25) is 0 Å². The molecule has 3 rings (SSSR count). The number of furan rings is 1. The molecule has 0 bridgehead atoms. The van der Waals surface area contributed by atoms with Gasteiger partial charge in [0, 0.05) is 23.4 Å². The van der Waals surface area contributed by atoms with E-state index in [-0.39, 0.29) is 23.9 Å². The number of nitro groups is 1. The second-order valence-electron chi connectivity index (χ2n) is 6.18. The van der Waals surface area contributed by atoms with Crippen molar-refractivity contribution in [3.05, 3.63) is 87.4 Å². The molecule has 0 unspecified atom stereocenters. The maximum Gasteiger partial charge on any atom is 0.400 e. The minimum atomic E-state index is -0.832. The highest BCUT2D eigenvalue weighted by Crippen LogP contribution is 2.19. The normalized spacial score (nSPS) is 11.2. The molecule has 0 fully saturated rings. The number of oxime groups is 1. The monoisotopic (exact) mass is 410 g/mol. The van der Waals surface area contributed by atoms with Gasteiger partial charge in [-0.2, -0.15) is 0 Å². The van der Waals surface area contributed by atoms with Crippen LogP contribution in [0.1, 0.15) is 27.4 Å². The first-order valence-electron chi connectivity index (χ1n) is 8.71. The summed E-state index contributed by atoms with van der Waals surface area (Å²) in [5, 5.41) is 14.3. The molecule has 0 atom stereocenters. The van der Waals surface area contributed by atoms with E-state index < -0.39 is 10.9 Å². The van der Waals surface area contributed by atoms with E-state index in [0.29, 0.717) is 22.8 Å². The van der Waals surface area contributed by atoms with Crippen LogP contribution in [0.5, 0.6) is 5.75 Å². The number of carbonyl (C=O) groups excluding carboxylic acids is 1. The average Bonchev–Trinajstić information content (AvgIpc) is 3.21. The Kier molecular flexibility index (Phi) is 5.97. The summed E-state index contributed by atoms with van der Waals surface area (Å²) in [5.74, 6) is -0.152. The molecule has 0 saturated carbocycles. The molecule has 154 valence electrons. The van der Waals surface area contributed by atoms with Crippen molar-refractivity contribution in [1.29, 1.82) is 0 Å². The summed E-state index contributed by atoms with van der Waals surface area (Å²) in [7, 11) is 0. The van der Waals surface area contributed by atoms with Gasteiger partial charge in [-0.15, -0.1) is 0 Å². The van der Waals surface area contributed by atoms with E-state index in [9.17, 15) is 14.9 Å². The van der Waals surface area contributed by atoms with Gasteiger partial charge in [-0.3, -0.25) is 10.1 Å². The number of anilines is 1. The van der Waals surface area contributed by atoms with Crippen LogP contribution in [0.15, 0.2) is 64.2 Å². The summed E-state index contributed by atoms with van der Waals surface area (Å²) >= 11 is 0. The van der Waals surface area contributed by atoms with Crippen molar-refractivity contribution in [2.45, 2.75) is 13.5 Å². The van der Waals surface area contributed by atoms with Gasteiger partial charge in [0.1, 0.15) is 18.1 Å². The second-order valence-corrected chi connectivity index (χ2v) is 6.18. The minimum absolute atomic E-state index is 0.00133. The molecular formula is C20H18N4O6. The van der Waals surface area contributed by atoms with Crippen molar-refractivity contribution in [3.8, 4) is 5.75 Å². The van der Waals surface area contributed by atoms with Gasteiger partial charge in [0.25, 0.3) is 5.69 Å². The van der Waals surface area contributed by atoms with Gasteiger partial charge >= 0.3 is 5.97 Å². The van der Waals surface area contributed by atoms with Crippen molar-refractivity contribution >= 4 is 23.2 Å². The Labute approximate surface area is 170 Å². The number of hydrogen-bond acceptors (Lipinski definition) is 8. The van der Waals surface area contributed by atoms with Gasteiger partial charge in [-0.25, -0.2) is 4.79 Å². The van der Waals surface area contributed by atoms with Crippen LogP contribution in [0.4, 0.5) is 11.4 Å². The highest BCUT2D eigenvalue weighted by Gasteiger charge is 2.15. The highest BCUT2D eigenvalue weighted by molar-refractivity contribution is 6.00. The molecule has 0 radical (unpaired) electrons. The molecule has 0 amide bonds. The molecule has 2 aromatic carbocycles. The smallest absolute Gasteiger partial charge is 0.400 e. The Bertz CT molecular complexity index is 1100. The van der Waals surface area contributed by atoms with Crippen LogP contribution >= 0.6 is 0 Å². The standard InChI is InChI=1S/C20H18N4O6/c1-12-16(3-2-4-17(12)21)19(22)23-30-20(25)18-10-9-15(29-18)11-28-14-7-5-13(6-8-14)24(26)27/h2-10H,11,21H2,1H3,(H2,22,23). The fraction of sp³-hybridized carbons (Fsp3) is 0.100. The summed E-state index contributed by atoms with van der Waals surface area (Å²) < 4.78 is 10.8. The van der Waals surface area contributed by atoms with Crippen LogP contribution in [0.3, 0.4) is 0 Å². The zero-order chi connectivity index (χ0) is 21.7. The summed E-state index contributed by atoms with van der Waals surface area (Å²) in [6, 6.07) is 13.7. The maximum absolute atomic E-state index is 12.1. The predicted octanol–water partition coefficient (Wildman–Crippen LogP) is 3.13. The fourth-order valence-corrected chi connectivity index (χ4v) is 2.50. The molecule has 3 aromatic rings. The molecular weight excluding hydrogens is 392 g/mol. The number of nitrogens with two attached hydrogens (primary N) is 2. The number of ether oxygens (including phenoxy) is 1. The van der Waals surface area contributed by atoms with E-state index in [4.69, 9.17) is 25.5 Å². The van der Waals surface area contributed by atoms with E-state index in [1.807, 2.05) is 0 Å². The van der Waals surface area contributed by atoms with Gasteiger partial charge in [-0.05, 0) is 42.8 Å². The lowest BCUT2D eigenvalue weighted by molar-refractivity contribution is -0.384. The zero-order valence-corrected chi connectivity index (χ0v) is 15.9. The van der Waals surface area contributed by atoms with Gasteiger partial charge < -0.3 is 25.5 Å². The molecule has 10 nitrogen and oxygen atoms in total. The minimum Gasteiger partial charge on any atom is -0.486 e. The first-order chi connectivity index (χ1) is 14.3. The number of rotatable bonds is 7. The summed E-state index contributed by atoms with van der Waals surface area (Å²) in [6.07, 6.45) is 0. The largest absolute Gasteiger partial charge is 0.486 e. The average molecular weight is 410 g/mol. The molecule has 0 aliphatic heterocycles. The van der Waals surface area contributed by atoms with Gasteiger partial charge in [-0.1, -0.05) is 17.3 Å². The Morgan fingerprint density at radius 2 is 1.90 bits per heavy atom. The summed E-state index contributed by atoms with van der Waals surface area (Å²) in [4.78, 5) is 27.1. The number of benzene rings is 2. The highest BCUT2D eigenvalue weighted by atomic mass is 16.7. The zero-order valence-electron chi connectivity index (χ0n) is 15.9. The lowest BCUT2D eigenvalue weighted by Crippen LogP contribution is -2.17. The number of hydrogen-bond donors (Lipinski definition) is 2. The SMILES string of the molecule is Cc1c(N)cccc1/C(N)=N/OC(=O)c1ccc(COc2ccc([N+](=O)[O-])cc2)o1. The van der Waals surface area contributed by atoms with Gasteiger partial charge in [0.15, 0.2) is 5.84 Å². The molecule has 0 aliphatic carbocycles. The molecule has 1 aromatic heterocycles. The number of carbonyl (C=O) groups is 1. The molecule has 1 heterocycles. The molecule has 30 heavy (non-hydrogen) atoms. The Hall–Kier alpha value is -4.34. The third-order valence-electron chi connectivity index (χ3n) is 4.17. The predicted molar refractivity (Wildman–Crippen MR) is 108 cm³/mol. The van der Waals surface area contributed by atoms with Crippen molar-refractivity contribution in [1.82, 2.24) is 0 Å². The first kappa shape index (κ1) is 20.4. The molecule has 10 heteroatoms.